The van der Waals surface area contributed by atoms with Crippen LogP contribution in [0, 0.1) is 14.1 Å². The number of nitro groups is 1. The first-order chi connectivity index (χ1) is 14.9. The first kappa shape index (κ1) is 22.1. The number of carbonyl (C=O) groups excluding carboxylic acids is 2. The van der Waals surface area contributed by atoms with Crippen LogP contribution in [-0.4, -0.2) is 32.1 Å². The van der Waals surface area contributed by atoms with Crippen molar-refractivity contribution in [1.82, 2.24) is 20.6 Å². The van der Waals surface area contributed by atoms with E-state index in [0.29, 0.717) is 15.9 Å². The van der Waals surface area contributed by atoms with E-state index in [0.717, 1.165) is 16.9 Å². The summed E-state index contributed by atoms with van der Waals surface area (Å²) in [4.78, 5) is 35.5. The number of amides is 3. The molecule has 2 aromatic carbocycles. The van der Waals surface area contributed by atoms with Crippen LogP contribution in [0.15, 0.2) is 54.6 Å². The molecule has 31 heavy (non-hydrogen) atoms. The van der Waals surface area contributed by atoms with Gasteiger partial charge in [-0.1, -0.05) is 53.8 Å². The lowest BCUT2D eigenvalue weighted by Gasteiger charge is -2.23. The van der Waals surface area contributed by atoms with Gasteiger partial charge >= 0.3 is 6.03 Å². The molecule has 0 saturated carbocycles. The lowest BCUT2D eigenvalue weighted by molar-refractivity contribution is -0.384. The number of aryl methyl sites for hydroxylation is 1. The standard InChI is InChI=1S/C19H18N6O4S2/c26-16(11-8-13-4-2-1-3-5-13)24(12-14-6-9-15(10-7-14)25(28)29)23-17(27)20-18-21-22-19(30)31-18/h1-7,9-10H,8,11-12H2,(H,22,30)(H2,20,21,23,27). The van der Waals surface area contributed by atoms with Gasteiger partial charge < -0.3 is 0 Å². The van der Waals surface area contributed by atoms with Gasteiger partial charge in [-0.2, -0.15) is 0 Å². The molecule has 3 rings (SSSR count). The zero-order chi connectivity index (χ0) is 22.2. The van der Waals surface area contributed by atoms with E-state index in [1.807, 2.05) is 30.3 Å². The largest absolute Gasteiger partial charge is 0.339 e. The van der Waals surface area contributed by atoms with Crippen molar-refractivity contribution in [3.8, 4) is 0 Å². The molecular formula is C19H18N6O4S2. The predicted octanol–water partition coefficient (Wildman–Crippen LogP) is 3.81. The molecule has 0 unspecified atom stereocenters. The van der Waals surface area contributed by atoms with Gasteiger partial charge in [0.25, 0.3) is 5.69 Å². The van der Waals surface area contributed by atoms with Crippen LogP contribution in [0.25, 0.3) is 0 Å². The maximum Gasteiger partial charge on any atom is 0.339 e. The molecule has 3 N–H and O–H groups in total. The van der Waals surface area contributed by atoms with Crippen LogP contribution in [-0.2, 0) is 17.8 Å². The summed E-state index contributed by atoms with van der Waals surface area (Å²) in [5, 5.41) is 21.2. The highest BCUT2D eigenvalue weighted by Crippen LogP contribution is 2.15. The molecule has 0 fully saturated rings. The number of nitro benzene ring substituents is 1. The molecule has 3 aromatic rings. The third kappa shape index (κ3) is 6.69. The second-order valence-corrected chi connectivity index (χ2v) is 8.04. The zero-order valence-electron chi connectivity index (χ0n) is 16.1. The Morgan fingerprint density at radius 1 is 1.13 bits per heavy atom. The number of hydrogen-bond acceptors (Lipinski definition) is 7. The Morgan fingerprint density at radius 3 is 2.45 bits per heavy atom. The molecule has 10 nitrogen and oxygen atoms in total. The second kappa shape index (κ2) is 10.4. The summed E-state index contributed by atoms with van der Waals surface area (Å²) in [6.45, 7) is 0.0370. The number of aromatic amines is 1. The number of rotatable bonds is 7. The number of urea groups is 1. The summed E-state index contributed by atoms with van der Waals surface area (Å²) >= 11 is 6.00. The van der Waals surface area contributed by atoms with Crippen molar-refractivity contribution < 1.29 is 14.5 Å². The molecule has 0 aliphatic rings. The van der Waals surface area contributed by atoms with Crippen molar-refractivity contribution in [2.24, 2.45) is 0 Å². The predicted molar refractivity (Wildman–Crippen MR) is 118 cm³/mol. The van der Waals surface area contributed by atoms with Crippen LogP contribution in [0.5, 0.6) is 0 Å². The Bertz CT molecular complexity index is 1110. The monoisotopic (exact) mass is 458 g/mol. The summed E-state index contributed by atoms with van der Waals surface area (Å²) in [7, 11) is 0. The molecule has 0 saturated heterocycles. The van der Waals surface area contributed by atoms with E-state index >= 15 is 0 Å². The van der Waals surface area contributed by atoms with Gasteiger partial charge in [-0.15, -0.1) is 5.10 Å². The third-order valence-corrected chi connectivity index (χ3v) is 5.16. The molecule has 3 amide bonds. The van der Waals surface area contributed by atoms with Crippen LogP contribution in [0.4, 0.5) is 15.6 Å². The molecule has 0 spiro atoms. The zero-order valence-corrected chi connectivity index (χ0v) is 17.7. The summed E-state index contributed by atoms with van der Waals surface area (Å²) in [6.07, 6.45) is 0.666. The van der Waals surface area contributed by atoms with Crippen molar-refractivity contribution >= 4 is 46.3 Å². The SMILES string of the molecule is O=C(Nc1n[nH]c(=S)s1)NN(Cc1ccc([N+](=O)[O-])cc1)C(=O)CCc1ccccc1. The summed E-state index contributed by atoms with van der Waals surface area (Å²) in [5.41, 5.74) is 4.07. The van der Waals surface area contributed by atoms with Gasteiger partial charge in [-0.25, -0.2) is 15.2 Å². The van der Waals surface area contributed by atoms with Gasteiger partial charge in [0, 0.05) is 18.6 Å². The number of aromatic nitrogens is 2. The molecule has 160 valence electrons. The number of hydrogen-bond donors (Lipinski definition) is 3. The number of benzene rings is 2. The summed E-state index contributed by atoms with van der Waals surface area (Å²) < 4.78 is 0.400. The Kier molecular flexibility index (Phi) is 7.40. The van der Waals surface area contributed by atoms with Crippen LogP contribution < -0.4 is 10.7 Å². The van der Waals surface area contributed by atoms with E-state index in [2.05, 4.69) is 20.9 Å². The van der Waals surface area contributed by atoms with Gasteiger partial charge in [0.1, 0.15) is 0 Å². The molecular weight excluding hydrogens is 440 g/mol. The topological polar surface area (TPSA) is 133 Å². The molecule has 0 aliphatic heterocycles. The lowest BCUT2D eigenvalue weighted by Crippen LogP contribution is -2.47. The number of anilines is 1. The van der Waals surface area contributed by atoms with E-state index in [1.54, 1.807) is 0 Å². The van der Waals surface area contributed by atoms with Gasteiger partial charge in [0.2, 0.25) is 11.0 Å². The number of hydrazine groups is 1. The fraction of sp³-hybridized carbons (Fsp3) is 0.158. The normalized spacial score (nSPS) is 10.3. The summed E-state index contributed by atoms with van der Waals surface area (Å²) in [6, 6.07) is 14.6. The number of nitrogens with one attached hydrogen (secondary N) is 3. The van der Waals surface area contributed by atoms with Crippen molar-refractivity contribution in [1.29, 1.82) is 0 Å². The van der Waals surface area contributed by atoms with Gasteiger partial charge in [0.05, 0.1) is 11.5 Å². The van der Waals surface area contributed by atoms with Crippen molar-refractivity contribution in [3.63, 3.8) is 0 Å². The maximum absolute atomic E-state index is 12.8. The molecule has 0 aliphatic carbocycles. The minimum atomic E-state index is -0.660. The number of nitrogens with zero attached hydrogens (tertiary/aromatic N) is 3. The van der Waals surface area contributed by atoms with Crippen LogP contribution in [0.1, 0.15) is 17.5 Å². The lowest BCUT2D eigenvalue weighted by atomic mass is 10.1. The van der Waals surface area contributed by atoms with E-state index in [1.165, 1.54) is 29.3 Å². The van der Waals surface area contributed by atoms with Crippen molar-refractivity contribution in [2.75, 3.05) is 5.32 Å². The Hall–Kier alpha value is -3.64. The molecule has 0 radical (unpaired) electrons. The van der Waals surface area contributed by atoms with E-state index in [4.69, 9.17) is 12.2 Å². The van der Waals surface area contributed by atoms with Gasteiger partial charge in [0.15, 0.2) is 3.95 Å². The molecule has 12 heteroatoms. The second-order valence-electron chi connectivity index (χ2n) is 6.37. The number of non-ortho nitro benzene ring substituents is 1. The van der Waals surface area contributed by atoms with E-state index in [-0.39, 0.29) is 29.7 Å². The fourth-order valence-electron chi connectivity index (χ4n) is 2.66. The fourth-order valence-corrected chi connectivity index (χ4v) is 3.44. The van der Waals surface area contributed by atoms with Crippen LogP contribution in [0.2, 0.25) is 0 Å². The maximum atomic E-state index is 12.8. The van der Waals surface area contributed by atoms with Gasteiger partial charge in [-0.05, 0) is 29.8 Å². The highest BCUT2D eigenvalue weighted by molar-refractivity contribution is 7.73. The van der Waals surface area contributed by atoms with Crippen LogP contribution >= 0.6 is 23.6 Å². The van der Waals surface area contributed by atoms with E-state index < -0.39 is 11.0 Å². The Labute approximate surface area is 186 Å². The average molecular weight is 459 g/mol. The Balaban J connectivity index is 1.69. The first-order valence-electron chi connectivity index (χ1n) is 9.11. The molecule has 0 bridgehead atoms. The third-order valence-electron chi connectivity index (χ3n) is 4.15. The minimum Gasteiger partial charge on any atom is -0.281 e. The van der Waals surface area contributed by atoms with Crippen molar-refractivity contribution in [2.45, 2.75) is 19.4 Å². The minimum absolute atomic E-state index is 0.0370. The Morgan fingerprint density at radius 2 is 1.84 bits per heavy atom. The number of H-pyrrole nitrogens is 1. The summed E-state index contributed by atoms with van der Waals surface area (Å²) in [5.74, 6) is -0.313. The highest BCUT2D eigenvalue weighted by atomic mass is 32.1. The first-order valence-corrected chi connectivity index (χ1v) is 10.3. The van der Waals surface area contributed by atoms with Crippen molar-refractivity contribution in [3.05, 3.63) is 79.8 Å². The van der Waals surface area contributed by atoms with Crippen LogP contribution in [0.3, 0.4) is 0 Å². The highest BCUT2D eigenvalue weighted by Gasteiger charge is 2.18. The smallest absolute Gasteiger partial charge is 0.281 e. The molecule has 0 atom stereocenters. The quantitative estimate of drug-likeness (QED) is 0.280. The molecule has 1 heterocycles. The molecule has 1 aromatic heterocycles. The number of carbonyl (C=O) groups is 2. The van der Waals surface area contributed by atoms with E-state index in [9.17, 15) is 19.7 Å². The van der Waals surface area contributed by atoms with Gasteiger partial charge in [-0.3, -0.25) is 25.3 Å². The average Bonchev–Trinajstić information content (AvgIpc) is 3.17.